The fourth-order valence-corrected chi connectivity index (χ4v) is 3.04. The van der Waals surface area contributed by atoms with Crippen molar-refractivity contribution >= 4 is 11.7 Å². The zero-order chi connectivity index (χ0) is 20.8. The van der Waals surface area contributed by atoms with E-state index < -0.39 is 0 Å². The van der Waals surface area contributed by atoms with Gasteiger partial charge in [0.05, 0.1) is 19.8 Å². The van der Waals surface area contributed by atoms with Gasteiger partial charge in [-0.3, -0.25) is 4.79 Å². The highest BCUT2D eigenvalue weighted by Gasteiger charge is 2.14. The van der Waals surface area contributed by atoms with Crippen molar-refractivity contribution in [3.8, 4) is 11.5 Å². The highest BCUT2D eigenvalue weighted by molar-refractivity contribution is 5.94. The van der Waals surface area contributed by atoms with Crippen molar-refractivity contribution in [2.24, 2.45) is 0 Å². The van der Waals surface area contributed by atoms with E-state index in [1.807, 2.05) is 6.07 Å². The number of benzene rings is 2. The fourth-order valence-electron chi connectivity index (χ4n) is 3.04. The molecule has 0 aliphatic carbocycles. The van der Waals surface area contributed by atoms with Crippen LogP contribution in [-0.4, -0.2) is 42.2 Å². The summed E-state index contributed by atoms with van der Waals surface area (Å²) in [5.41, 5.74) is 0.443. The average Bonchev–Trinajstić information content (AvgIpc) is 2.80. The second-order valence-corrected chi connectivity index (χ2v) is 6.70. The Kier molecular flexibility index (Phi) is 6.14. The fraction of sp³-hybridized carbons (Fsp3) is 0.227. The molecule has 1 N–H and O–H groups in total. The third kappa shape index (κ3) is 5.09. The summed E-state index contributed by atoms with van der Waals surface area (Å²) in [4.78, 5) is 23.5. The zero-order valence-corrected chi connectivity index (χ0v) is 16.3. The number of carbonyl (C=O) groups is 1. The van der Waals surface area contributed by atoms with Crippen LogP contribution < -0.4 is 15.0 Å². The highest BCUT2D eigenvalue weighted by atomic mass is 19.1. The Bertz CT molecular complexity index is 1010. The Hall–Kier alpha value is -3.52. The molecule has 1 saturated heterocycles. The van der Waals surface area contributed by atoms with E-state index >= 15 is 0 Å². The van der Waals surface area contributed by atoms with Gasteiger partial charge in [0.1, 0.15) is 29.0 Å². The maximum absolute atomic E-state index is 13.0. The third-order valence-corrected chi connectivity index (χ3v) is 4.58. The standard InChI is InChI=1S/C22H21FN4O3/c23-17-4-6-18(7-5-17)30-19-3-1-2-16(14-19)22(28)25-15-20-24-9-8-21(26-20)27-10-12-29-13-11-27/h1-9,14H,10-13,15H2,(H,25,28). The lowest BCUT2D eigenvalue weighted by Crippen LogP contribution is -2.37. The lowest BCUT2D eigenvalue weighted by molar-refractivity contribution is 0.0949. The molecule has 0 atom stereocenters. The minimum atomic E-state index is -0.338. The summed E-state index contributed by atoms with van der Waals surface area (Å²) in [5, 5.41) is 2.83. The molecule has 0 spiro atoms. The topological polar surface area (TPSA) is 76.6 Å². The molecule has 3 aromatic rings. The van der Waals surface area contributed by atoms with Gasteiger partial charge in [0.25, 0.3) is 5.91 Å². The van der Waals surface area contributed by atoms with Crippen LogP contribution in [0.1, 0.15) is 16.2 Å². The van der Waals surface area contributed by atoms with Gasteiger partial charge < -0.3 is 19.7 Å². The Morgan fingerprint density at radius 1 is 1.10 bits per heavy atom. The van der Waals surface area contributed by atoms with Crippen molar-refractivity contribution in [1.82, 2.24) is 15.3 Å². The van der Waals surface area contributed by atoms with Gasteiger partial charge in [0.2, 0.25) is 0 Å². The van der Waals surface area contributed by atoms with Gasteiger partial charge in [0.15, 0.2) is 0 Å². The summed E-state index contributed by atoms with van der Waals surface area (Å²) in [6.07, 6.45) is 1.69. The first-order chi connectivity index (χ1) is 14.7. The SMILES string of the molecule is O=C(NCc1nccc(N2CCOCC2)n1)c1cccc(Oc2ccc(F)cc2)c1. The van der Waals surface area contributed by atoms with Crippen molar-refractivity contribution in [3.05, 3.63) is 78.0 Å². The summed E-state index contributed by atoms with van der Waals surface area (Å²) in [6, 6.07) is 14.3. The monoisotopic (exact) mass is 408 g/mol. The predicted octanol–water partition coefficient (Wildman–Crippen LogP) is 3.17. The number of aromatic nitrogens is 2. The number of hydrogen-bond acceptors (Lipinski definition) is 6. The summed E-state index contributed by atoms with van der Waals surface area (Å²) >= 11 is 0. The highest BCUT2D eigenvalue weighted by Crippen LogP contribution is 2.22. The number of carbonyl (C=O) groups excluding carboxylic acids is 1. The molecule has 1 aliphatic rings. The average molecular weight is 408 g/mol. The van der Waals surface area contributed by atoms with Crippen molar-refractivity contribution in [3.63, 3.8) is 0 Å². The van der Waals surface area contributed by atoms with Crippen LogP contribution in [-0.2, 0) is 11.3 Å². The smallest absolute Gasteiger partial charge is 0.251 e. The normalized spacial score (nSPS) is 13.7. The molecule has 2 heterocycles. The van der Waals surface area contributed by atoms with Crippen molar-refractivity contribution in [2.75, 3.05) is 31.2 Å². The maximum Gasteiger partial charge on any atom is 0.251 e. The molecule has 1 aromatic heterocycles. The quantitative estimate of drug-likeness (QED) is 0.675. The van der Waals surface area contributed by atoms with E-state index in [2.05, 4.69) is 20.2 Å². The Morgan fingerprint density at radius 2 is 1.90 bits per heavy atom. The molecule has 2 aromatic carbocycles. The van der Waals surface area contributed by atoms with E-state index in [9.17, 15) is 9.18 Å². The Balaban J connectivity index is 1.37. The number of nitrogens with one attached hydrogen (secondary N) is 1. The van der Waals surface area contributed by atoms with Gasteiger partial charge in [-0.2, -0.15) is 0 Å². The largest absolute Gasteiger partial charge is 0.457 e. The number of nitrogens with zero attached hydrogens (tertiary/aromatic N) is 3. The van der Waals surface area contributed by atoms with Gasteiger partial charge in [0, 0.05) is 24.8 Å². The first-order valence-corrected chi connectivity index (χ1v) is 9.64. The van der Waals surface area contributed by atoms with Crippen molar-refractivity contribution in [1.29, 1.82) is 0 Å². The van der Waals surface area contributed by atoms with E-state index in [1.165, 1.54) is 24.3 Å². The van der Waals surface area contributed by atoms with Gasteiger partial charge in [-0.25, -0.2) is 14.4 Å². The molecule has 4 rings (SSSR count). The number of morpholine rings is 1. The van der Waals surface area contributed by atoms with E-state index in [-0.39, 0.29) is 18.3 Å². The number of anilines is 1. The van der Waals surface area contributed by atoms with Crippen LogP contribution in [0, 0.1) is 5.82 Å². The van der Waals surface area contributed by atoms with Crippen LogP contribution in [0.3, 0.4) is 0 Å². The Labute approximate surface area is 173 Å². The number of rotatable bonds is 6. The number of hydrogen-bond donors (Lipinski definition) is 1. The molecule has 0 unspecified atom stereocenters. The summed E-state index contributed by atoms with van der Waals surface area (Å²) in [5.74, 6) is 1.73. The van der Waals surface area contributed by atoms with E-state index in [0.29, 0.717) is 36.1 Å². The molecule has 1 aliphatic heterocycles. The van der Waals surface area contributed by atoms with Crippen LogP contribution in [0.5, 0.6) is 11.5 Å². The molecule has 8 heteroatoms. The number of ether oxygens (including phenoxy) is 2. The van der Waals surface area contributed by atoms with Crippen LogP contribution in [0.2, 0.25) is 0 Å². The molecule has 0 radical (unpaired) electrons. The first-order valence-electron chi connectivity index (χ1n) is 9.64. The molecule has 7 nitrogen and oxygen atoms in total. The molecule has 0 bridgehead atoms. The Morgan fingerprint density at radius 3 is 2.70 bits per heavy atom. The van der Waals surface area contributed by atoms with Gasteiger partial charge in [-0.15, -0.1) is 0 Å². The summed E-state index contributed by atoms with van der Waals surface area (Å²) in [7, 11) is 0. The minimum Gasteiger partial charge on any atom is -0.457 e. The molecular formula is C22H21FN4O3. The van der Waals surface area contributed by atoms with Crippen molar-refractivity contribution in [2.45, 2.75) is 6.54 Å². The van der Waals surface area contributed by atoms with Crippen LogP contribution in [0.4, 0.5) is 10.2 Å². The van der Waals surface area contributed by atoms with Crippen LogP contribution in [0.15, 0.2) is 60.8 Å². The lowest BCUT2D eigenvalue weighted by atomic mass is 10.2. The second kappa shape index (κ2) is 9.32. The number of halogens is 1. The number of amides is 1. The summed E-state index contributed by atoms with van der Waals surface area (Å²) < 4.78 is 24.1. The molecule has 0 saturated carbocycles. The maximum atomic E-state index is 13.0. The lowest BCUT2D eigenvalue weighted by Gasteiger charge is -2.27. The molecule has 1 amide bonds. The second-order valence-electron chi connectivity index (χ2n) is 6.70. The van der Waals surface area contributed by atoms with Crippen LogP contribution in [0.25, 0.3) is 0 Å². The van der Waals surface area contributed by atoms with E-state index in [0.717, 1.165) is 18.9 Å². The molecular weight excluding hydrogens is 387 g/mol. The van der Waals surface area contributed by atoms with E-state index in [1.54, 1.807) is 30.5 Å². The van der Waals surface area contributed by atoms with Gasteiger partial charge >= 0.3 is 0 Å². The minimum absolute atomic E-state index is 0.208. The molecule has 30 heavy (non-hydrogen) atoms. The van der Waals surface area contributed by atoms with Gasteiger partial charge in [-0.1, -0.05) is 6.07 Å². The molecule has 154 valence electrons. The first kappa shape index (κ1) is 19.8. The third-order valence-electron chi connectivity index (χ3n) is 4.58. The molecule has 1 fully saturated rings. The zero-order valence-electron chi connectivity index (χ0n) is 16.3. The predicted molar refractivity (Wildman–Crippen MR) is 109 cm³/mol. The van der Waals surface area contributed by atoms with E-state index in [4.69, 9.17) is 9.47 Å². The van der Waals surface area contributed by atoms with Gasteiger partial charge in [-0.05, 0) is 48.5 Å². The van der Waals surface area contributed by atoms with Crippen LogP contribution >= 0.6 is 0 Å². The van der Waals surface area contributed by atoms with Crippen molar-refractivity contribution < 1.29 is 18.7 Å². The summed E-state index contributed by atoms with van der Waals surface area (Å²) in [6.45, 7) is 3.12.